The largest absolute Gasteiger partial charge is 0.508 e. The minimum Gasteiger partial charge on any atom is -0.508 e. The fourth-order valence-corrected chi connectivity index (χ4v) is 5.10. The first-order chi connectivity index (χ1) is 17.9. The van der Waals surface area contributed by atoms with Gasteiger partial charge in [0.25, 0.3) is 11.8 Å². The van der Waals surface area contributed by atoms with Crippen molar-refractivity contribution >= 4 is 63.5 Å². The normalized spacial score (nSPS) is 18.2. The maximum Gasteiger partial charge on any atom is 0.276 e. The lowest BCUT2D eigenvalue weighted by molar-refractivity contribution is -0.113. The van der Waals surface area contributed by atoms with Crippen LogP contribution in [-0.4, -0.2) is 27.8 Å². The van der Waals surface area contributed by atoms with Gasteiger partial charge in [0.1, 0.15) is 5.75 Å². The number of hydrogen-bond donors (Lipinski definition) is 2. The van der Waals surface area contributed by atoms with Crippen molar-refractivity contribution in [2.75, 3.05) is 10.2 Å². The van der Waals surface area contributed by atoms with E-state index in [-0.39, 0.29) is 23.3 Å². The lowest BCUT2D eigenvalue weighted by Gasteiger charge is -2.15. The van der Waals surface area contributed by atoms with E-state index in [1.807, 2.05) is 24.3 Å². The van der Waals surface area contributed by atoms with Crippen LogP contribution in [0.3, 0.4) is 0 Å². The van der Waals surface area contributed by atoms with Crippen molar-refractivity contribution in [1.29, 1.82) is 0 Å². The van der Waals surface area contributed by atoms with Crippen molar-refractivity contribution in [3.05, 3.63) is 93.3 Å². The maximum absolute atomic E-state index is 13.5. The molecule has 3 aromatic rings. The summed E-state index contributed by atoms with van der Waals surface area (Å²) in [5, 5.41) is 21.7. The molecule has 9 heteroatoms. The van der Waals surface area contributed by atoms with E-state index in [1.165, 1.54) is 22.2 Å². The van der Waals surface area contributed by atoms with Crippen LogP contribution in [0.4, 0.5) is 11.4 Å². The molecular formula is C28H23ClN4O3S. The van der Waals surface area contributed by atoms with E-state index in [0.717, 1.165) is 24.8 Å². The fourth-order valence-electron chi connectivity index (χ4n) is 4.00. The lowest BCUT2D eigenvalue weighted by Crippen LogP contribution is -2.28. The molecule has 0 aromatic heterocycles. The van der Waals surface area contributed by atoms with Crippen LogP contribution in [0.5, 0.6) is 5.75 Å². The second-order valence-corrected chi connectivity index (χ2v) is 10.0. The van der Waals surface area contributed by atoms with Gasteiger partial charge in [-0.1, -0.05) is 49.2 Å². The smallest absolute Gasteiger partial charge is 0.276 e. The second-order valence-electron chi connectivity index (χ2n) is 8.59. The number of aromatic hydroxyl groups is 1. The number of fused-ring (bicyclic) bond motifs is 1. The molecule has 7 nitrogen and oxygen atoms in total. The Morgan fingerprint density at radius 2 is 1.78 bits per heavy atom. The van der Waals surface area contributed by atoms with Crippen LogP contribution in [0.15, 0.2) is 81.8 Å². The molecule has 0 unspecified atom stereocenters. The van der Waals surface area contributed by atoms with Gasteiger partial charge in [0, 0.05) is 10.6 Å². The van der Waals surface area contributed by atoms with E-state index >= 15 is 0 Å². The molecule has 37 heavy (non-hydrogen) atoms. The SMILES string of the molecule is CCCCc1ccc(N2C(=O)C(=Cc3ccc(O)cc3)SC2=NN=C2C(=O)Nc3ccc(Cl)cc32)cc1. The predicted molar refractivity (Wildman–Crippen MR) is 150 cm³/mol. The number of amidine groups is 1. The third kappa shape index (κ3) is 5.30. The van der Waals surface area contributed by atoms with Gasteiger partial charge >= 0.3 is 0 Å². The summed E-state index contributed by atoms with van der Waals surface area (Å²) in [5.41, 5.74) is 3.90. The van der Waals surface area contributed by atoms with Crippen LogP contribution in [0, 0.1) is 0 Å². The van der Waals surface area contributed by atoms with Gasteiger partial charge in [-0.25, -0.2) is 0 Å². The Morgan fingerprint density at radius 3 is 2.51 bits per heavy atom. The molecule has 0 bridgehead atoms. The van der Waals surface area contributed by atoms with Gasteiger partial charge in [0.15, 0.2) is 5.71 Å². The van der Waals surface area contributed by atoms with Crippen molar-refractivity contribution < 1.29 is 14.7 Å². The Morgan fingerprint density at radius 1 is 1.03 bits per heavy atom. The molecule has 1 fully saturated rings. The molecular weight excluding hydrogens is 508 g/mol. The van der Waals surface area contributed by atoms with Crippen LogP contribution in [0.25, 0.3) is 6.08 Å². The number of carbonyl (C=O) groups excluding carboxylic acids is 2. The number of amides is 2. The van der Waals surface area contributed by atoms with Crippen LogP contribution in [0.1, 0.15) is 36.5 Å². The number of aryl methyl sites for hydroxylation is 1. The second kappa shape index (κ2) is 10.6. The van der Waals surface area contributed by atoms with Crippen LogP contribution in [-0.2, 0) is 16.0 Å². The highest BCUT2D eigenvalue weighted by Gasteiger charge is 2.35. The van der Waals surface area contributed by atoms with Crippen molar-refractivity contribution in [1.82, 2.24) is 0 Å². The van der Waals surface area contributed by atoms with E-state index < -0.39 is 0 Å². The molecule has 2 heterocycles. The minimum atomic E-state index is -0.386. The summed E-state index contributed by atoms with van der Waals surface area (Å²) in [6.07, 6.45) is 4.90. The standard InChI is InChI=1S/C28H23ClN4O3S/c1-2-3-4-17-5-10-20(11-6-17)33-27(36)24(15-18-7-12-21(34)13-8-18)37-28(33)32-31-25-22-16-19(29)9-14-23(22)30-26(25)35/h5-16,34H,2-4H2,1H3,(H,30,31,35). The molecule has 0 aliphatic carbocycles. The summed E-state index contributed by atoms with van der Waals surface area (Å²) in [4.78, 5) is 28.0. The van der Waals surface area contributed by atoms with E-state index in [9.17, 15) is 14.7 Å². The summed E-state index contributed by atoms with van der Waals surface area (Å²) < 4.78 is 0. The number of nitrogens with zero attached hydrogens (tertiary/aromatic N) is 3. The summed E-state index contributed by atoms with van der Waals surface area (Å²) in [7, 11) is 0. The molecule has 0 atom stereocenters. The number of hydrogen-bond acceptors (Lipinski definition) is 6. The van der Waals surface area contributed by atoms with E-state index in [4.69, 9.17) is 11.6 Å². The number of phenolic OH excluding ortho intramolecular Hbond substituents is 1. The molecule has 2 aliphatic heterocycles. The van der Waals surface area contributed by atoms with Gasteiger partial charge < -0.3 is 10.4 Å². The highest BCUT2D eigenvalue weighted by Crippen LogP contribution is 2.37. The summed E-state index contributed by atoms with van der Waals surface area (Å²) >= 11 is 7.29. The Balaban J connectivity index is 1.53. The van der Waals surface area contributed by atoms with Crippen molar-refractivity contribution in [2.45, 2.75) is 26.2 Å². The van der Waals surface area contributed by atoms with E-state index in [0.29, 0.717) is 32.0 Å². The minimum absolute atomic E-state index is 0.129. The fraction of sp³-hybridized carbons (Fsp3) is 0.143. The van der Waals surface area contributed by atoms with Crippen molar-refractivity contribution in [3.63, 3.8) is 0 Å². The Bertz CT molecular complexity index is 1460. The van der Waals surface area contributed by atoms with Gasteiger partial charge in [-0.3, -0.25) is 14.5 Å². The number of benzene rings is 3. The molecule has 0 spiro atoms. The third-order valence-corrected chi connectivity index (χ3v) is 7.14. The Labute approximate surface area is 223 Å². The number of phenols is 1. The molecule has 186 valence electrons. The average Bonchev–Trinajstić information content (AvgIpc) is 3.37. The first-order valence-electron chi connectivity index (χ1n) is 11.8. The molecule has 0 radical (unpaired) electrons. The van der Waals surface area contributed by atoms with E-state index in [2.05, 4.69) is 22.4 Å². The zero-order chi connectivity index (χ0) is 25.9. The highest BCUT2D eigenvalue weighted by atomic mass is 35.5. The van der Waals surface area contributed by atoms with Crippen LogP contribution in [0.2, 0.25) is 5.02 Å². The molecule has 2 N–H and O–H groups in total. The number of rotatable bonds is 6. The molecule has 2 aliphatic rings. The van der Waals surface area contributed by atoms with Crippen molar-refractivity contribution in [3.8, 4) is 5.75 Å². The molecule has 0 saturated carbocycles. The zero-order valence-electron chi connectivity index (χ0n) is 19.9. The van der Waals surface area contributed by atoms with Crippen LogP contribution < -0.4 is 10.2 Å². The summed E-state index contributed by atoms with van der Waals surface area (Å²) in [6, 6.07) is 19.4. The number of carbonyl (C=O) groups is 2. The zero-order valence-corrected chi connectivity index (χ0v) is 21.5. The van der Waals surface area contributed by atoms with Crippen LogP contribution >= 0.6 is 23.4 Å². The predicted octanol–water partition coefficient (Wildman–Crippen LogP) is 6.22. The number of halogens is 1. The Kier molecular flexibility index (Phi) is 7.12. The molecule has 1 saturated heterocycles. The molecule has 3 aromatic carbocycles. The monoisotopic (exact) mass is 530 g/mol. The first kappa shape index (κ1) is 24.8. The summed E-state index contributed by atoms with van der Waals surface area (Å²) in [5.74, 6) is -0.495. The number of thioether (sulfide) groups is 1. The molecule has 2 amide bonds. The van der Waals surface area contributed by atoms with Gasteiger partial charge in [-0.15, -0.1) is 10.2 Å². The third-order valence-electron chi connectivity index (χ3n) is 5.95. The van der Waals surface area contributed by atoms with Gasteiger partial charge in [-0.2, -0.15) is 0 Å². The van der Waals surface area contributed by atoms with Gasteiger partial charge in [0.2, 0.25) is 5.17 Å². The quantitative estimate of drug-likeness (QED) is 0.292. The van der Waals surface area contributed by atoms with E-state index in [1.54, 1.807) is 48.5 Å². The highest BCUT2D eigenvalue weighted by molar-refractivity contribution is 8.19. The number of anilines is 2. The topological polar surface area (TPSA) is 94.4 Å². The number of unbranched alkanes of at least 4 members (excludes halogenated alkanes) is 1. The van der Waals surface area contributed by atoms with Crippen molar-refractivity contribution in [2.24, 2.45) is 10.2 Å². The van der Waals surface area contributed by atoms with Gasteiger partial charge in [-0.05, 0) is 84.3 Å². The first-order valence-corrected chi connectivity index (χ1v) is 13.0. The Hall–Kier alpha value is -3.88. The number of nitrogens with one attached hydrogen (secondary N) is 1. The maximum atomic E-state index is 13.5. The van der Waals surface area contributed by atoms with Gasteiger partial charge in [0.05, 0.1) is 16.3 Å². The summed E-state index contributed by atoms with van der Waals surface area (Å²) in [6.45, 7) is 2.15. The molecule has 5 rings (SSSR count). The average molecular weight is 531 g/mol. The lowest BCUT2D eigenvalue weighted by atomic mass is 10.1.